The van der Waals surface area contributed by atoms with E-state index < -0.39 is 4.92 Å². The molecule has 1 aromatic carbocycles. The highest BCUT2D eigenvalue weighted by Crippen LogP contribution is 2.22. The van der Waals surface area contributed by atoms with Gasteiger partial charge in [0, 0.05) is 11.8 Å². The van der Waals surface area contributed by atoms with Gasteiger partial charge in [0.2, 0.25) is 0 Å². The van der Waals surface area contributed by atoms with Crippen LogP contribution in [-0.4, -0.2) is 10.7 Å². The number of benzene rings is 1. The van der Waals surface area contributed by atoms with E-state index in [0.717, 1.165) is 12.2 Å². The highest BCUT2D eigenvalue weighted by Gasteiger charge is 2.10. The maximum absolute atomic E-state index is 10.7. The van der Waals surface area contributed by atoms with E-state index in [2.05, 4.69) is 12.6 Å². The van der Waals surface area contributed by atoms with Crippen LogP contribution in [0.3, 0.4) is 0 Å². The minimum absolute atomic E-state index is 0.0328. The van der Waals surface area contributed by atoms with Crippen molar-refractivity contribution >= 4 is 30.1 Å². The van der Waals surface area contributed by atoms with Crippen LogP contribution >= 0.6 is 12.6 Å². The lowest BCUT2D eigenvalue weighted by Gasteiger charge is -1.98. The summed E-state index contributed by atoms with van der Waals surface area (Å²) in [6, 6.07) is 4.65. The molecule has 0 aliphatic rings. The van der Waals surface area contributed by atoms with Crippen molar-refractivity contribution in [2.75, 3.05) is 11.5 Å². The van der Waals surface area contributed by atoms with E-state index in [1.54, 1.807) is 18.2 Å². The second-order valence-corrected chi connectivity index (χ2v) is 3.44. The van der Waals surface area contributed by atoms with E-state index in [1.807, 2.05) is 6.08 Å². The van der Waals surface area contributed by atoms with Crippen LogP contribution < -0.4 is 5.73 Å². The Bertz CT molecular complexity index is 391. The van der Waals surface area contributed by atoms with Gasteiger partial charge in [-0.2, -0.15) is 12.6 Å². The lowest BCUT2D eigenvalue weighted by Crippen LogP contribution is -1.94. The summed E-state index contributed by atoms with van der Waals surface area (Å²) in [7, 11) is 0. The molecule has 0 atom stereocenters. The summed E-state index contributed by atoms with van der Waals surface area (Å²) in [5, 5.41) is 10.7. The third-order valence-electron chi connectivity index (χ3n) is 1.84. The van der Waals surface area contributed by atoms with E-state index in [1.165, 1.54) is 6.07 Å². The van der Waals surface area contributed by atoms with Crippen molar-refractivity contribution in [3.63, 3.8) is 0 Å². The molecule has 0 heterocycles. The number of hydrogen-bond donors (Lipinski definition) is 2. The van der Waals surface area contributed by atoms with Crippen LogP contribution in [0.1, 0.15) is 12.0 Å². The molecule has 1 aromatic rings. The first kappa shape index (κ1) is 11.6. The topological polar surface area (TPSA) is 69.2 Å². The van der Waals surface area contributed by atoms with Crippen LogP contribution in [0.15, 0.2) is 24.3 Å². The quantitative estimate of drug-likeness (QED) is 0.357. The first-order valence-corrected chi connectivity index (χ1v) is 5.09. The number of thiol groups is 1. The smallest absolute Gasteiger partial charge is 0.278 e. The van der Waals surface area contributed by atoms with Crippen molar-refractivity contribution in [1.29, 1.82) is 0 Å². The van der Waals surface area contributed by atoms with Crippen molar-refractivity contribution in [2.45, 2.75) is 6.42 Å². The number of nitrogen functional groups attached to an aromatic ring is 1. The van der Waals surface area contributed by atoms with Crippen LogP contribution in [-0.2, 0) is 0 Å². The summed E-state index contributed by atoms with van der Waals surface area (Å²) in [6.45, 7) is 0. The van der Waals surface area contributed by atoms with Gasteiger partial charge < -0.3 is 5.73 Å². The van der Waals surface area contributed by atoms with Crippen LogP contribution in [0, 0.1) is 10.1 Å². The van der Waals surface area contributed by atoms with Crippen LogP contribution in [0.25, 0.3) is 6.08 Å². The Morgan fingerprint density at radius 3 is 2.87 bits per heavy atom. The predicted molar refractivity (Wildman–Crippen MR) is 65.0 cm³/mol. The first-order chi connectivity index (χ1) is 7.15. The van der Waals surface area contributed by atoms with Crippen molar-refractivity contribution < 1.29 is 4.92 Å². The summed E-state index contributed by atoms with van der Waals surface area (Å²) < 4.78 is 0. The summed E-state index contributed by atoms with van der Waals surface area (Å²) in [5.74, 6) is 0.721. The van der Waals surface area contributed by atoms with Gasteiger partial charge in [-0.05, 0) is 24.3 Å². The molecule has 0 saturated carbocycles. The molecular formula is C10H12N2O2S. The van der Waals surface area contributed by atoms with Gasteiger partial charge in [0.25, 0.3) is 5.69 Å². The van der Waals surface area contributed by atoms with E-state index in [-0.39, 0.29) is 5.69 Å². The SMILES string of the molecule is Nc1ccc(C=CCCS)c([N+](=O)[O-])c1. The van der Waals surface area contributed by atoms with Crippen molar-refractivity contribution in [2.24, 2.45) is 0 Å². The molecule has 0 aliphatic carbocycles. The Kier molecular flexibility index (Phi) is 4.17. The Morgan fingerprint density at radius 2 is 2.27 bits per heavy atom. The van der Waals surface area contributed by atoms with Gasteiger partial charge in [-0.3, -0.25) is 10.1 Å². The molecule has 0 saturated heterocycles. The Morgan fingerprint density at radius 1 is 1.53 bits per heavy atom. The molecule has 0 aromatic heterocycles. The second-order valence-electron chi connectivity index (χ2n) is 2.99. The lowest BCUT2D eigenvalue weighted by atomic mass is 10.1. The van der Waals surface area contributed by atoms with E-state index in [0.29, 0.717) is 11.3 Å². The minimum Gasteiger partial charge on any atom is -0.399 e. The zero-order valence-electron chi connectivity index (χ0n) is 8.09. The van der Waals surface area contributed by atoms with E-state index in [4.69, 9.17) is 5.73 Å². The van der Waals surface area contributed by atoms with Gasteiger partial charge in [0.05, 0.1) is 10.5 Å². The summed E-state index contributed by atoms with van der Waals surface area (Å²) >= 11 is 4.04. The number of nitrogens with zero attached hydrogens (tertiary/aromatic N) is 1. The van der Waals surface area contributed by atoms with Crippen LogP contribution in [0.5, 0.6) is 0 Å². The molecule has 80 valence electrons. The van der Waals surface area contributed by atoms with Crippen LogP contribution in [0.2, 0.25) is 0 Å². The molecular weight excluding hydrogens is 212 g/mol. The van der Waals surface area contributed by atoms with Gasteiger partial charge >= 0.3 is 0 Å². The number of anilines is 1. The number of nitro benzene ring substituents is 1. The standard InChI is InChI=1S/C10H12N2O2S/c11-9-5-4-8(3-1-2-6-15)10(7-9)12(13)14/h1,3-5,7,15H,2,6,11H2. The van der Waals surface area contributed by atoms with Gasteiger partial charge in [-0.1, -0.05) is 12.2 Å². The maximum atomic E-state index is 10.7. The molecule has 4 nitrogen and oxygen atoms in total. The number of rotatable bonds is 4. The molecule has 0 bridgehead atoms. The fraction of sp³-hybridized carbons (Fsp3) is 0.200. The highest BCUT2D eigenvalue weighted by molar-refractivity contribution is 7.80. The normalized spacial score (nSPS) is 10.7. The maximum Gasteiger partial charge on any atom is 0.278 e. The highest BCUT2D eigenvalue weighted by atomic mass is 32.1. The molecule has 5 heteroatoms. The summed E-state index contributed by atoms with van der Waals surface area (Å²) in [6.07, 6.45) is 4.35. The molecule has 0 amide bonds. The molecule has 0 fully saturated rings. The summed E-state index contributed by atoms with van der Waals surface area (Å²) in [5.41, 5.74) is 6.47. The number of nitro groups is 1. The average molecular weight is 224 g/mol. The lowest BCUT2D eigenvalue weighted by molar-refractivity contribution is -0.385. The molecule has 1 rings (SSSR count). The summed E-state index contributed by atoms with van der Waals surface area (Å²) in [4.78, 5) is 10.3. The Labute approximate surface area is 93.3 Å². The molecule has 15 heavy (non-hydrogen) atoms. The zero-order valence-corrected chi connectivity index (χ0v) is 8.98. The van der Waals surface area contributed by atoms with Crippen molar-refractivity contribution in [3.05, 3.63) is 40.0 Å². The minimum atomic E-state index is -0.434. The second kappa shape index (κ2) is 5.41. The number of hydrogen-bond acceptors (Lipinski definition) is 4. The zero-order chi connectivity index (χ0) is 11.3. The fourth-order valence-corrected chi connectivity index (χ4v) is 1.29. The first-order valence-electron chi connectivity index (χ1n) is 4.46. The van der Waals surface area contributed by atoms with Gasteiger partial charge in [-0.15, -0.1) is 0 Å². The Balaban J connectivity index is 3.01. The number of allylic oxidation sites excluding steroid dienone is 1. The number of nitrogens with two attached hydrogens (primary N) is 1. The monoisotopic (exact) mass is 224 g/mol. The van der Waals surface area contributed by atoms with Crippen LogP contribution in [0.4, 0.5) is 11.4 Å². The van der Waals surface area contributed by atoms with Crippen molar-refractivity contribution in [1.82, 2.24) is 0 Å². The van der Waals surface area contributed by atoms with Gasteiger partial charge in [-0.25, -0.2) is 0 Å². The van der Waals surface area contributed by atoms with E-state index in [9.17, 15) is 10.1 Å². The molecule has 2 N–H and O–H groups in total. The predicted octanol–water partition coefficient (Wildman–Crippen LogP) is 2.51. The third kappa shape index (κ3) is 3.28. The molecule has 0 unspecified atom stereocenters. The van der Waals surface area contributed by atoms with Gasteiger partial charge in [0.15, 0.2) is 0 Å². The molecule has 0 aliphatic heterocycles. The van der Waals surface area contributed by atoms with Crippen molar-refractivity contribution in [3.8, 4) is 0 Å². The van der Waals surface area contributed by atoms with E-state index >= 15 is 0 Å². The molecule has 0 spiro atoms. The molecule has 0 radical (unpaired) electrons. The Hall–Kier alpha value is -1.49. The van der Waals surface area contributed by atoms with Gasteiger partial charge in [0.1, 0.15) is 0 Å². The largest absolute Gasteiger partial charge is 0.399 e. The third-order valence-corrected chi connectivity index (χ3v) is 2.10. The average Bonchev–Trinajstić information content (AvgIpc) is 2.20. The fourth-order valence-electron chi connectivity index (χ4n) is 1.14.